The number of amides is 1. The number of methoxy groups -OCH3 is 1. The van der Waals surface area contributed by atoms with Crippen LogP contribution in [0.5, 0.6) is 11.5 Å². The number of carbonyl (C=O) groups excluding carboxylic acids is 1. The average molecular weight is 364 g/mol. The van der Waals surface area contributed by atoms with E-state index in [0.29, 0.717) is 29.4 Å². The molecule has 1 aromatic heterocycles. The summed E-state index contributed by atoms with van der Waals surface area (Å²) >= 11 is 0. The summed E-state index contributed by atoms with van der Waals surface area (Å²) < 4.78 is 16.3. The molecule has 0 atom stereocenters. The van der Waals surface area contributed by atoms with Gasteiger partial charge < -0.3 is 13.9 Å². The number of rotatable bonds is 7. The Morgan fingerprint density at radius 3 is 2.67 bits per heavy atom. The van der Waals surface area contributed by atoms with Gasteiger partial charge in [0.25, 0.3) is 5.91 Å². The number of benzene rings is 2. The maximum atomic E-state index is 12.0. The van der Waals surface area contributed by atoms with Gasteiger partial charge in [-0.25, -0.2) is 5.43 Å². The van der Waals surface area contributed by atoms with E-state index < -0.39 is 0 Å². The van der Waals surface area contributed by atoms with E-state index in [-0.39, 0.29) is 5.91 Å². The van der Waals surface area contributed by atoms with Crippen molar-refractivity contribution in [2.75, 3.05) is 7.11 Å². The van der Waals surface area contributed by atoms with E-state index in [1.54, 1.807) is 26.2 Å². The number of ether oxygens (including phenoxy) is 2. The Labute approximate surface area is 157 Å². The molecule has 1 amide bonds. The van der Waals surface area contributed by atoms with Crippen LogP contribution in [0.3, 0.4) is 0 Å². The summed E-state index contributed by atoms with van der Waals surface area (Å²) in [6, 6.07) is 16.9. The Balaban J connectivity index is 1.63. The zero-order valence-corrected chi connectivity index (χ0v) is 15.1. The Bertz CT molecular complexity index is 932. The second-order valence-electron chi connectivity index (χ2n) is 5.77. The van der Waals surface area contributed by atoms with Gasteiger partial charge in [0.05, 0.1) is 25.2 Å². The molecule has 6 heteroatoms. The molecule has 1 heterocycles. The third-order valence-corrected chi connectivity index (χ3v) is 3.91. The summed E-state index contributed by atoms with van der Waals surface area (Å²) in [7, 11) is 1.58. The first kappa shape index (κ1) is 18.3. The Morgan fingerprint density at radius 1 is 1.15 bits per heavy atom. The van der Waals surface area contributed by atoms with Gasteiger partial charge in [0.2, 0.25) is 0 Å². The molecule has 3 aromatic rings. The molecule has 0 saturated carbocycles. The number of hydrogen-bond donors (Lipinski definition) is 1. The van der Waals surface area contributed by atoms with Crippen LogP contribution in [0.15, 0.2) is 70.4 Å². The standard InChI is InChI=1S/C21H20N2O4/c1-15-18(10-11-26-15)21(24)23-22-13-17-8-9-19(20(12-17)25-2)27-14-16-6-4-3-5-7-16/h3-13H,14H2,1-2H3,(H,23,24)/b22-13+. The molecule has 1 N–H and O–H groups in total. The highest BCUT2D eigenvalue weighted by molar-refractivity contribution is 5.95. The number of nitrogens with one attached hydrogen (secondary N) is 1. The second kappa shape index (κ2) is 8.71. The van der Waals surface area contributed by atoms with Crippen LogP contribution in [0, 0.1) is 6.92 Å². The molecule has 2 aromatic carbocycles. The van der Waals surface area contributed by atoms with Gasteiger partial charge in [0.15, 0.2) is 11.5 Å². The summed E-state index contributed by atoms with van der Waals surface area (Å²) in [5.74, 6) is 1.44. The van der Waals surface area contributed by atoms with Crippen LogP contribution in [0.25, 0.3) is 0 Å². The van der Waals surface area contributed by atoms with Crippen molar-refractivity contribution < 1.29 is 18.7 Å². The lowest BCUT2D eigenvalue weighted by molar-refractivity contribution is 0.0953. The van der Waals surface area contributed by atoms with Gasteiger partial charge in [-0.2, -0.15) is 5.10 Å². The maximum absolute atomic E-state index is 12.0. The van der Waals surface area contributed by atoms with E-state index >= 15 is 0 Å². The van der Waals surface area contributed by atoms with Crippen molar-refractivity contribution in [2.45, 2.75) is 13.5 Å². The second-order valence-corrected chi connectivity index (χ2v) is 5.77. The van der Waals surface area contributed by atoms with Crippen molar-refractivity contribution in [1.82, 2.24) is 5.43 Å². The fraction of sp³-hybridized carbons (Fsp3) is 0.143. The zero-order valence-electron chi connectivity index (χ0n) is 15.1. The zero-order chi connectivity index (χ0) is 19.1. The normalized spacial score (nSPS) is 10.7. The van der Waals surface area contributed by atoms with Crippen molar-refractivity contribution in [3.8, 4) is 11.5 Å². The predicted molar refractivity (Wildman–Crippen MR) is 102 cm³/mol. The summed E-state index contributed by atoms with van der Waals surface area (Å²) in [5, 5.41) is 3.97. The van der Waals surface area contributed by atoms with E-state index in [1.807, 2.05) is 42.5 Å². The molecule has 6 nitrogen and oxygen atoms in total. The van der Waals surface area contributed by atoms with Crippen LogP contribution >= 0.6 is 0 Å². The lowest BCUT2D eigenvalue weighted by Gasteiger charge is -2.11. The Kier molecular flexibility index (Phi) is 5.89. The van der Waals surface area contributed by atoms with E-state index in [2.05, 4.69) is 10.5 Å². The fourth-order valence-electron chi connectivity index (χ4n) is 2.47. The van der Waals surface area contributed by atoms with Crippen LogP contribution in [-0.2, 0) is 6.61 Å². The molecule has 0 aliphatic rings. The number of furan rings is 1. The minimum absolute atomic E-state index is 0.327. The molecule has 0 radical (unpaired) electrons. The number of hydrazone groups is 1. The van der Waals surface area contributed by atoms with E-state index in [1.165, 1.54) is 12.5 Å². The van der Waals surface area contributed by atoms with Crippen molar-refractivity contribution in [3.05, 3.63) is 83.3 Å². The highest BCUT2D eigenvalue weighted by atomic mass is 16.5. The van der Waals surface area contributed by atoms with E-state index in [9.17, 15) is 4.79 Å². The van der Waals surface area contributed by atoms with Crippen LogP contribution < -0.4 is 14.9 Å². The van der Waals surface area contributed by atoms with Crippen molar-refractivity contribution in [3.63, 3.8) is 0 Å². The van der Waals surface area contributed by atoms with E-state index in [0.717, 1.165) is 11.1 Å². The quantitative estimate of drug-likeness (QED) is 0.509. The molecule has 0 bridgehead atoms. The molecular formula is C21H20N2O4. The third kappa shape index (κ3) is 4.76. The monoisotopic (exact) mass is 364 g/mol. The minimum atomic E-state index is -0.327. The van der Waals surface area contributed by atoms with Gasteiger partial charge in [-0.1, -0.05) is 30.3 Å². The first-order chi connectivity index (χ1) is 13.2. The summed E-state index contributed by atoms with van der Waals surface area (Å²) in [6.45, 7) is 2.17. The summed E-state index contributed by atoms with van der Waals surface area (Å²) in [4.78, 5) is 12.0. The molecule has 0 fully saturated rings. The maximum Gasteiger partial charge on any atom is 0.274 e. The number of hydrogen-bond acceptors (Lipinski definition) is 5. The average Bonchev–Trinajstić information content (AvgIpc) is 3.13. The molecule has 0 aliphatic heterocycles. The number of carbonyl (C=O) groups is 1. The highest BCUT2D eigenvalue weighted by Gasteiger charge is 2.10. The van der Waals surface area contributed by atoms with Crippen molar-refractivity contribution in [2.24, 2.45) is 5.10 Å². The van der Waals surface area contributed by atoms with Crippen molar-refractivity contribution >= 4 is 12.1 Å². The van der Waals surface area contributed by atoms with Gasteiger partial charge in [0, 0.05) is 0 Å². The van der Waals surface area contributed by atoms with Crippen LogP contribution in [-0.4, -0.2) is 19.2 Å². The molecule has 0 aliphatic carbocycles. The SMILES string of the molecule is COc1cc(/C=N/NC(=O)c2ccoc2C)ccc1OCc1ccccc1. The third-order valence-electron chi connectivity index (χ3n) is 3.91. The van der Waals surface area contributed by atoms with Gasteiger partial charge in [-0.05, 0) is 42.3 Å². The lowest BCUT2D eigenvalue weighted by atomic mass is 10.2. The fourth-order valence-corrected chi connectivity index (χ4v) is 2.47. The molecule has 0 spiro atoms. The van der Waals surface area contributed by atoms with Crippen LogP contribution in [0.4, 0.5) is 0 Å². The van der Waals surface area contributed by atoms with Crippen molar-refractivity contribution in [1.29, 1.82) is 0 Å². The smallest absolute Gasteiger partial charge is 0.274 e. The Hall–Kier alpha value is -3.54. The molecule has 27 heavy (non-hydrogen) atoms. The number of nitrogens with zero attached hydrogens (tertiary/aromatic N) is 1. The molecule has 138 valence electrons. The molecular weight excluding hydrogens is 344 g/mol. The van der Waals surface area contributed by atoms with Crippen LogP contribution in [0.2, 0.25) is 0 Å². The first-order valence-corrected chi connectivity index (χ1v) is 8.39. The molecule has 3 rings (SSSR count). The minimum Gasteiger partial charge on any atom is -0.493 e. The topological polar surface area (TPSA) is 73.1 Å². The largest absolute Gasteiger partial charge is 0.493 e. The lowest BCUT2D eigenvalue weighted by Crippen LogP contribution is -2.17. The first-order valence-electron chi connectivity index (χ1n) is 8.39. The highest BCUT2D eigenvalue weighted by Crippen LogP contribution is 2.28. The van der Waals surface area contributed by atoms with E-state index in [4.69, 9.17) is 13.9 Å². The Morgan fingerprint density at radius 2 is 1.96 bits per heavy atom. The van der Waals surface area contributed by atoms with Gasteiger partial charge >= 0.3 is 0 Å². The summed E-state index contributed by atoms with van der Waals surface area (Å²) in [6.07, 6.45) is 3.00. The van der Waals surface area contributed by atoms with Gasteiger partial charge in [-0.15, -0.1) is 0 Å². The van der Waals surface area contributed by atoms with Gasteiger partial charge in [-0.3, -0.25) is 4.79 Å². The molecule has 0 unspecified atom stereocenters. The molecule has 0 saturated heterocycles. The van der Waals surface area contributed by atoms with Crippen LogP contribution in [0.1, 0.15) is 27.2 Å². The van der Waals surface area contributed by atoms with Gasteiger partial charge in [0.1, 0.15) is 12.4 Å². The number of aryl methyl sites for hydroxylation is 1. The predicted octanol–water partition coefficient (Wildman–Crippen LogP) is 3.94. The summed E-state index contributed by atoms with van der Waals surface area (Å²) in [5.41, 5.74) is 4.76.